The first kappa shape index (κ1) is 15.8. The standard InChI is InChI=1S/C18H16F2O2/c1-2-14-8-10-15(11-9-14)21-12-3-4-13-22-17-7-5-6-16(19)18(17)20/h1,5-11H,3-4,12-13H2. The molecule has 2 nitrogen and oxygen atoms in total. The quantitative estimate of drug-likeness (QED) is 0.564. The second kappa shape index (κ2) is 8.04. The van der Waals surface area contributed by atoms with Crippen molar-refractivity contribution in [2.75, 3.05) is 13.2 Å². The van der Waals surface area contributed by atoms with Gasteiger partial charge in [-0.3, -0.25) is 0 Å². The minimum absolute atomic E-state index is 0.0641. The topological polar surface area (TPSA) is 18.5 Å². The summed E-state index contributed by atoms with van der Waals surface area (Å²) in [7, 11) is 0. The summed E-state index contributed by atoms with van der Waals surface area (Å²) >= 11 is 0. The van der Waals surface area contributed by atoms with Crippen LogP contribution in [-0.2, 0) is 0 Å². The maximum Gasteiger partial charge on any atom is 0.200 e. The van der Waals surface area contributed by atoms with Crippen LogP contribution < -0.4 is 9.47 Å². The first-order valence-electron chi connectivity index (χ1n) is 6.97. The molecule has 0 aliphatic rings. The van der Waals surface area contributed by atoms with Crippen molar-refractivity contribution in [1.82, 2.24) is 0 Å². The molecule has 0 radical (unpaired) electrons. The molecule has 4 heteroatoms. The van der Waals surface area contributed by atoms with Crippen molar-refractivity contribution in [2.45, 2.75) is 12.8 Å². The Morgan fingerprint density at radius 1 is 0.909 bits per heavy atom. The molecule has 22 heavy (non-hydrogen) atoms. The maximum absolute atomic E-state index is 13.3. The highest BCUT2D eigenvalue weighted by Crippen LogP contribution is 2.19. The van der Waals surface area contributed by atoms with Crippen molar-refractivity contribution < 1.29 is 18.3 Å². The minimum atomic E-state index is -0.952. The van der Waals surface area contributed by atoms with Crippen LogP contribution in [0.25, 0.3) is 0 Å². The van der Waals surface area contributed by atoms with Gasteiger partial charge < -0.3 is 9.47 Å². The summed E-state index contributed by atoms with van der Waals surface area (Å²) < 4.78 is 37.0. The summed E-state index contributed by atoms with van der Waals surface area (Å²) in [6.45, 7) is 0.824. The van der Waals surface area contributed by atoms with Crippen molar-refractivity contribution >= 4 is 0 Å². The van der Waals surface area contributed by atoms with Crippen molar-refractivity contribution in [1.29, 1.82) is 0 Å². The second-order valence-electron chi connectivity index (χ2n) is 4.62. The number of ether oxygens (including phenoxy) is 2. The third kappa shape index (κ3) is 4.49. The maximum atomic E-state index is 13.3. The molecule has 0 atom stereocenters. The largest absolute Gasteiger partial charge is 0.494 e. The van der Waals surface area contributed by atoms with E-state index in [-0.39, 0.29) is 5.75 Å². The minimum Gasteiger partial charge on any atom is -0.494 e. The molecular formula is C18H16F2O2. The second-order valence-corrected chi connectivity index (χ2v) is 4.62. The lowest BCUT2D eigenvalue weighted by Crippen LogP contribution is -2.04. The van der Waals surface area contributed by atoms with E-state index in [1.165, 1.54) is 12.1 Å². The Morgan fingerprint density at radius 2 is 1.59 bits per heavy atom. The number of hydrogen-bond acceptors (Lipinski definition) is 2. The molecule has 2 rings (SSSR count). The van der Waals surface area contributed by atoms with Crippen LogP contribution in [0.1, 0.15) is 18.4 Å². The van der Waals surface area contributed by atoms with Crippen LogP contribution in [-0.4, -0.2) is 13.2 Å². The molecule has 0 bridgehead atoms. The Morgan fingerprint density at radius 3 is 2.27 bits per heavy atom. The average molecular weight is 302 g/mol. The van der Waals surface area contributed by atoms with Crippen molar-refractivity contribution in [3.63, 3.8) is 0 Å². The van der Waals surface area contributed by atoms with E-state index in [4.69, 9.17) is 15.9 Å². The molecule has 2 aromatic carbocycles. The molecule has 0 amide bonds. The van der Waals surface area contributed by atoms with Gasteiger partial charge in [-0.25, -0.2) is 4.39 Å². The van der Waals surface area contributed by atoms with Crippen LogP contribution in [0.4, 0.5) is 8.78 Å². The van der Waals surface area contributed by atoms with E-state index >= 15 is 0 Å². The van der Waals surface area contributed by atoms with E-state index in [0.717, 1.165) is 23.8 Å². The van der Waals surface area contributed by atoms with E-state index < -0.39 is 11.6 Å². The van der Waals surface area contributed by atoms with Gasteiger partial charge in [0.05, 0.1) is 13.2 Å². The Labute approximate surface area is 128 Å². The molecule has 0 aliphatic carbocycles. The Balaban J connectivity index is 1.65. The highest BCUT2D eigenvalue weighted by Gasteiger charge is 2.07. The molecule has 0 saturated carbocycles. The highest BCUT2D eigenvalue weighted by atomic mass is 19.2. The number of unbranched alkanes of at least 4 members (excludes halogenated alkanes) is 1. The van der Waals surface area contributed by atoms with Gasteiger partial charge in [0.1, 0.15) is 5.75 Å². The fourth-order valence-corrected chi connectivity index (χ4v) is 1.82. The van der Waals surface area contributed by atoms with E-state index in [0.29, 0.717) is 19.6 Å². The number of terminal acetylenes is 1. The third-order valence-electron chi connectivity index (χ3n) is 3.00. The molecule has 0 heterocycles. The van der Waals surface area contributed by atoms with Gasteiger partial charge in [-0.1, -0.05) is 12.0 Å². The van der Waals surface area contributed by atoms with Gasteiger partial charge in [0.15, 0.2) is 11.6 Å². The lowest BCUT2D eigenvalue weighted by molar-refractivity contribution is 0.257. The number of rotatable bonds is 7. The van der Waals surface area contributed by atoms with E-state index in [9.17, 15) is 8.78 Å². The summed E-state index contributed by atoms with van der Waals surface area (Å²) in [5.41, 5.74) is 0.804. The Kier molecular flexibility index (Phi) is 5.79. The summed E-state index contributed by atoms with van der Waals surface area (Å²) in [6, 6.07) is 11.1. The molecular weight excluding hydrogens is 286 g/mol. The van der Waals surface area contributed by atoms with Crippen LogP contribution in [0.15, 0.2) is 42.5 Å². The Hall–Kier alpha value is -2.54. The molecule has 2 aromatic rings. The molecule has 0 aliphatic heterocycles. The van der Waals surface area contributed by atoms with Gasteiger partial charge in [-0.15, -0.1) is 6.42 Å². The normalized spacial score (nSPS) is 10.0. The first-order chi connectivity index (χ1) is 10.7. The summed E-state index contributed by atoms with van der Waals surface area (Å²) in [5.74, 6) is 1.36. The predicted octanol–water partition coefficient (Wildman–Crippen LogP) is 4.18. The monoisotopic (exact) mass is 302 g/mol. The van der Waals surface area contributed by atoms with Crippen LogP contribution in [0.3, 0.4) is 0 Å². The molecule has 0 N–H and O–H groups in total. The zero-order valence-corrected chi connectivity index (χ0v) is 12.0. The lowest BCUT2D eigenvalue weighted by Gasteiger charge is -2.08. The predicted molar refractivity (Wildman–Crippen MR) is 81.0 cm³/mol. The lowest BCUT2D eigenvalue weighted by atomic mass is 10.2. The first-order valence-corrected chi connectivity index (χ1v) is 6.97. The summed E-state index contributed by atoms with van der Waals surface area (Å²) in [4.78, 5) is 0. The van der Waals surface area contributed by atoms with Gasteiger partial charge in [0.25, 0.3) is 0 Å². The van der Waals surface area contributed by atoms with Crippen LogP contribution in [0.2, 0.25) is 0 Å². The summed E-state index contributed by atoms with van der Waals surface area (Å²) in [5, 5.41) is 0. The molecule has 0 aromatic heterocycles. The van der Waals surface area contributed by atoms with Gasteiger partial charge in [-0.2, -0.15) is 4.39 Å². The van der Waals surface area contributed by atoms with E-state index in [1.807, 2.05) is 24.3 Å². The Bertz CT molecular complexity index is 645. The zero-order chi connectivity index (χ0) is 15.8. The van der Waals surface area contributed by atoms with E-state index in [2.05, 4.69) is 5.92 Å². The third-order valence-corrected chi connectivity index (χ3v) is 3.00. The number of halogens is 2. The SMILES string of the molecule is C#Cc1ccc(OCCCCOc2cccc(F)c2F)cc1. The van der Waals surface area contributed by atoms with Crippen molar-refractivity contribution in [3.05, 3.63) is 59.7 Å². The van der Waals surface area contributed by atoms with Gasteiger partial charge in [0, 0.05) is 5.56 Å². The van der Waals surface area contributed by atoms with Crippen LogP contribution in [0, 0.1) is 24.0 Å². The number of hydrogen-bond donors (Lipinski definition) is 0. The zero-order valence-electron chi connectivity index (χ0n) is 12.0. The van der Waals surface area contributed by atoms with Crippen molar-refractivity contribution in [2.24, 2.45) is 0 Å². The molecule has 0 unspecified atom stereocenters. The van der Waals surface area contributed by atoms with Gasteiger partial charge >= 0.3 is 0 Å². The highest BCUT2D eigenvalue weighted by molar-refractivity contribution is 5.36. The van der Waals surface area contributed by atoms with Crippen LogP contribution >= 0.6 is 0 Å². The molecule has 0 fully saturated rings. The van der Waals surface area contributed by atoms with Gasteiger partial charge in [0.2, 0.25) is 5.82 Å². The van der Waals surface area contributed by atoms with Gasteiger partial charge in [-0.05, 0) is 49.2 Å². The summed E-state index contributed by atoms with van der Waals surface area (Å²) in [6.07, 6.45) is 6.69. The van der Waals surface area contributed by atoms with Crippen molar-refractivity contribution in [3.8, 4) is 23.8 Å². The fraction of sp³-hybridized carbons (Fsp3) is 0.222. The molecule has 0 spiro atoms. The fourth-order valence-electron chi connectivity index (χ4n) is 1.82. The smallest absolute Gasteiger partial charge is 0.200 e. The van der Waals surface area contributed by atoms with Crippen LogP contribution in [0.5, 0.6) is 11.5 Å². The average Bonchev–Trinajstić information content (AvgIpc) is 2.55. The number of benzene rings is 2. The van der Waals surface area contributed by atoms with E-state index in [1.54, 1.807) is 0 Å². The molecule has 0 saturated heterocycles. The molecule has 114 valence electrons.